The van der Waals surface area contributed by atoms with Gasteiger partial charge in [0.1, 0.15) is 30.0 Å². The maximum absolute atomic E-state index is 12.1. The van der Waals surface area contributed by atoms with Crippen LogP contribution in [0, 0.1) is 0 Å². The van der Waals surface area contributed by atoms with E-state index in [4.69, 9.17) is 14.2 Å². The van der Waals surface area contributed by atoms with Crippen LogP contribution in [0.4, 0.5) is 0 Å². The summed E-state index contributed by atoms with van der Waals surface area (Å²) in [6.07, 6.45) is 0.576. The number of ether oxygens (including phenoxy) is 3. The molecule has 176 valence electrons. The summed E-state index contributed by atoms with van der Waals surface area (Å²) in [7, 11) is 0. The predicted molar refractivity (Wildman–Crippen MR) is 133 cm³/mol. The third-order valence-electron chi connectivity index (χ3n) is 6.15. The maximum Gasteiger partial charge on any atom is 0.344 e. The van der Waals surface area contributed by atoms with Crippen LogP contribution in [-0.2, 0) is 22.6 Å². The fraction of sp³-hybridized carbons (Fsp3) is 0.167. The number of esters is 1. The quantitative estimate of drug-likeness (QED) is 0.340. The summed E-state index contributed by atoms with van der Waals surface area (Å²) in [5.74, 6) is 1.16. The van der Waals surface area contributed by atoms with Crippen LogP contribution in [0.3, 0.4) is 0 Å². The van der Waals surface area contributed by atoms with Gasteiger partial charge in [-0.2, -0.15) is 0 Å². The number of benzene rings is 4. The van der Waals surface area contributed by atoms with Gasteiger partial charge in [0.05, 0.1) is 0 Å². The predicted octanol–water partition coefficient (Wildman–Crippen LogP) is 5.97. The molecule has 5 heteroatoms. The molecule has 1 aliphatic rings. The number of aromatic hydroxyl groups is 1. The first kappa shape index (κ1) is 22.5. The molecule has 0 aromatic heterocycles. The highest BCUT2D eigenvalue weighted by Gasteiger charge is 2.32. The molecule has 2 unspecified atom stereocenters. The van der Waals surface area contributed by atoms with E-state index >= 15 is 0 Å². The lowest BCUT2D eigenvalue weighted by molar-refractivity contribution is -0.147. The molecule has 1 heterocycles. The Labute approximate surface area is 204 Å². The monoisotopic (exact) mass is 466 g/mol. The van der Waals surface area contributed by atoms with Gasteiger partial charge in [0.25, 0.3) is 0 Å². The summed E-state index contributed by atoms with van der Waals surface area (Å²) in [5.41, 5.74) is 4.19. The number of hydrogen-bond acceptors (Lipinski definition) is 5. The van der Waals surface area contributed by atoms with E-state index in [2.05, 4.69) is 12.1 Å². The minimum atomic E-state index is -0.422. The van der Waals surface area contributed by atoms with Gasteiger partial charge in [-0.05, 0) is 46.9 Å². The number of rotatable bonds is 7. The van der Waals surface area contributed by atoms with E-state index in [1.165, 1.54) is 5.56 Å². The summed E-state index contributed by atoms with van der Waals surface area (Å²) < 4.78 is 17.3. The Hall–Kier alpha value is -4.25. The number of carbonyl (C=O) groups is 1. The van der Waals surface area contributed by atoms with Crippen LogP contribution in [-0.4, -0.2) is 17.7 Å². The average Bonchev–Trinajstić information content (AvgIpc) is 2.91. The molecule has 1 aliphatic heterocycles. The van der Waals surface area contributed by atoms with E-state index in [0.717, 1.165) is 23.1 Å². The van der Waals surface area contributed by atoms with Crippen LogP contribution >= 0.6 is 0 Å². The zero-order chi connectivity index (χ0) is 24.0. The molecule has 4 aromatic carbocycles. The van der Waals surface area contributed by atoms with Crippen molar-refractivity contribution in [2.45, 2.75) is 25.0 Å². The van der Waals surface area contributed by atoms with E-state index in [9.17, 15) is 9.90 Å². The number of fused-ring (bicyclic) bond motifs is 1. The summed E-state index contributed by atoms with van der Waals surface area (Å²) in [5, 5.41) is 9.94. The second kappa shape index (κ2) is 10.3. The van der Waals surface area contributed by atoms with Gasteiger partial charge in [0, 0.05) is 12.0 Å². The molecular formula is C30H26O5. The molecule has 0 bridgehead atoms. The fourth-order valence-corrected chi connectivity index (χ4v) is 4.35. The zero-order valence-corrected chi connectivity index (χ0v) is 19.2. The van der Waals surface area contributed by atoms with Gasteiger partial charge in [-0.3, -0.25) is 0 Å². The molecule has 5 rings (SSSR count). The molecule has 35 heavy (non-hydrogen) atoms. The van der Waals surface area contributed by atoms with Crippen LogP contribution in [0.2, 0.25) is 0 Å². The Balaban J connectivity index is 1.27. The topological polar surface area (TPSA) is 65.0 Å². The third kappa shape index (κ3) is 5.46. The summed E-state index contributed by atoms with van der Waals surface area (Å²) in [4.78, 5) is 12.1. The van der Waals surface area contributed by atoms with Gasteiger partial charge in [0.15, 0.2) is 6.61 Å². The van der Waals surface area contributed by atoms with E-state index < -0.39 is 5.97 Å². The van der Waals surface area contributed by atoms with Crippen LogP contribution in [0.1, 0.15) is 34.3 Å². The van der Waals surface area contributed by atoms with Crippen LogP contribution in [0.25, 0.3) is 0 Å². The minimum absolute atomic E-state index is 0.118. The van der Waals surface area contributed by atoms with Crippen molar-refractivity contribution in [1.29, 1.82) is 0 Å². The van der Waals surface area contributed by atoms with Crippen LogP contribution in [0.15, 0.2) is 103 Å². The van der Waals surface area contributed by atoms with Crippen molar-refractivity contribution in [3.63, 3.8) is 0 Å². The average molecular weight is 467 g/mol. The lowest BCUT2D eigenvalue weighted by Gasteiger charge is -2.34. The van der Waals surface area contributed by atoms with Crippen molar-refractivity contribution >= 4 is 5.97 Å². The van der Waals surface area contributed by atoms with Crippen molar-refractivity contribution in [3.05, 3.63) is 125 Å². The molecule has 0 radical (unpaired) electrons. The third-order valence-corrected chi connectivity index (χ3v) is 6.15. The van der Waals surface area contributed by atoms with Gasteiger partial charge in [-0.1, -0.05) is 78.9 Å². The highest BCUT2D eigenvalue weighted by Crippen LogP contribution is 2.45. The van der Waals surface area contributed by atoms with Crippen molar-refractivity contribution in [1.82, 2.24) is 0 Å². The Morgan fingerprint density at radius 3 is 2.31 bits per heavy atom. The fourth-order valence-electron chi connectivity index (χ4n) is 4.35. The summed E-state index contributed by atoms with van der Waals surface area (Å²) >= 11 is 0. The van der Waals surface area contributed by atoms with Crippen molar-refractivity contribution in [2.24, 2.45) is 0 Å². The first-order valence-electron chi connectivity index (χ1n) is 11.6. The highest BCUT2D eigenvalue weighted by atomic mass is 16.6. The molecule has 2 atom stereocenters. The van der Waals surface area contributed by atoms with E-state index in [0.29, 0.717) is 11.5 Å². The first-order valence-corrected chi connectivity index (χ1v) is 11.6. The van der Waals surface area contributed by atoms with E-state index in [1.54, 1.807) is 12.1 Å². The van der Waals surface area contributed by atoms with Gasteiger partial charge < -0.3 is 19.3 Å². The Morgan fingerprint density at radius 1 is 0.857 bits per heavy atom. The standard InChI is InChI=1S/C30H26O5/c31-25-14-11-24-17-27(22-9-5-2-6-10-22)30(35-28(24)18-25)23-12-15-26(16-13-23)33-20-29(32)34-19-21-7-3-1-4-8-21/h1-16,18,27,30-31H,17,19-20H2. The van der Waals surface area contributed by atoms with Crippen molar-refractivity contribution in [2.75, 3.05) is 6.61 Å². The molecule has 0 saturated heterocycles. The van der Waals surface area contributed by atoms with Gasteiger partial charge in [-0.15, -0.1) is 0 Å². The summed E-state index contributed by atoms with van der Waals surface area (Å²) in [6, 6.07) is 32.7. The Kier molecular flexibility index (Phi) is 6.66. The zero-order valence-electron chi connectivity index (χ0n) is 19.2. The lowest BCUT2D eigenvalue weighted by atomic mass is 9.82. The van der Waals surface area contributed by atoms with E-state index in [1.807, 2.05) is 78.9 Å². The van der Waals surface area contributed by atoms with Gasteiger partial charge in [-0.25, -0.2) is 4.79 Å². The largest absolute Gasteiger partial charge is 0.508 e. The summed E-state index contributed by atoms with van der Waals surface area (Å²) in [6.45, 7) is 0.0598. The molecule has 0 spiro atoms. The second-order valence-corrected chi connectivity index (χ2v) is 8.56. The molecule has 1 N–H and O–H groups in total. The number of hydrogen-bond donors (Lipinski definition) is 1. The van der Waals surface area contributed by atoms with E-state index in [-0.39, 0.29) is 31.0 Å². The molecule has 0 fully saturated rings. The molecule has 0 amide bonds. The SMILES string of the molecule is O=C(COc1ccc(C2Oc3cc(O)ccc3CC2c2ccccc2)cc1)OCc1ccccc1. The minimum Gasteiger partial charge on any atom is -0.508 e. The van der Waals surface area contributed by atoms with Crippen LogP contribution < -0.4 is 9.47 Å². The van der Waals surface area contributed by atoms with Crippen molar-refractivity contribution in [3.8, 4) is 17.2 Å². The van der Waals surface area contributed by atoms with Crippen LogP contribution in [0.5, 0.6) is 17.2 Å². The number of phenolic OH excluding ortho intramolecular Hbond substituents is 1. The Morgan fingerprint density at radius 2 is 1.57 bits per heavy atom. The number of carbonyl (C=O) groups excluding carboxylic acids is 1. The molecular weight excluding hydrogens is 440 g/mol. The molecule has 4 aromatic rings. The second-order valence-electron chi connectivity index (χ2n) is 8.56. The smallest absolute Gasteiger partial charge is 0.344 e. The van der Waals surface area contributed by atoms with Crippen molar-refractivity contribution < 1.29 is 24.1 Å². The van der Waals surface area contributed by atoms with Gasteiger partial charge in [0.2, 0.25) is 0 Å². The molecule has 0 saturated carbocycles. The first-order chi connectivity index (χ1) is 17.2. The maximum atomic E-state index is 12.1. The molecule has 5 nitrogen and oxygen atoms in total. The van der Waals surface area contributed by atoms with Gasteiger partial charge >= 0.3 is 5.97 Å². The number of phenols is 1. The lowest BCUT2D eigenvalue weighted by Crippen LogP contribution is -2.24. The normalized spacial score (nSPS) is 16.6. The molecule has 0 aliphatic carbocycles. The highest BCUT2D eigenvalue weighted by molar-refractivity contribution is 5.71. The Bertz CT molecular complexity index is 1270.